The number of amides is 1. The Labute approximate surface area is 170 Å². The maximum atomic E-state index is 13.5. The van der Waals surface area contributed by atoms with Gasteiger partial charge in [0.2, 0.25) is 5.91 Å². The number of nitrogens with zero attached hydrogens (tertiary/aromatic N) is 2. The van der Waals surface area contributed by atoms with E-state index in [0.29, 0.717) is 29.5 Å². The highest BCUT2D eigenvalue weighted by Crippen LogP contribution is 2.30. The average Bonchev–Trinajstić information content (AvgIpc) is 3.14. The van der Waals surface area contributed by atoms with Gasteiger partial charge in [0.1, 0.15) is 22.5 Å². The highest BCUT2D eigenvalue weighted by atomic mass is 35.5. The van der Waals surface area contributed by atoms with Crippen molar-refractivity contribution in [1.82, 2.24) is 10.3 Å². The molecule has 0 saturated carbocycles. The SMILES string of the molecule is N#Cc1c(F)cccc1NCCNC(=O)Cc1csc(-c2ccccc2Cl)n1. The van der Waals surface area contributed by atoms with Crippen molar-refractivity contribution < 1.29 is 9.18 Å². The van der Waals surface area contributed by atoms with Gasteiger partial charge in [-0.25, -0.2) is 9.37 Å². The van der Waals surface area contributed by atoms with Crippen molar-refractivity contribution in [3.8, 4) is 16.6 Å². The molecule has 3 rings (SSSR count). The van der Waals surface area contributed by atoms with Gasteiger partial charge in [0.15, 0.2) is 0 Å². The monoisotopic (exact) mass is 414 g/mol. The molecule has 0 aliphatic rings. The largest absolute Gasteiger partial charge is 0.382 e. The predicted molar refractivity (Wildman–Crippen MR) is 109 cm³/mol. The van der Waals surface area contributed by atoms with Crippen molar-refractivity contribution in [2.75, 3.05) is 18.4 Å². The molecule has 1 amide bonds. The second kappa shape index (κ2) is 9.31. The van der Waals surface area contributed by atoms with Crippen molar-refractivity contribution in [1.29, 1.82) is 5.26 Å². The van der Waals surface area contributed by atoms with Gasteiger partial charge >= 0.3 is 0 Å². The smallest absolute Gasteiger partial charge is 0.226 e. The lowest BCUT2D eigenvalue weighted by Gasteiger charge is -2.09. The molecule has 5 nitrogen and oxygen atoms in total. The van der Waals surface area contributed by atoms with Crippen LogP contribution >= 0.6 is 22.9 Å². The molecule has 0 saturated heterocycles. The molecule has 1 heterocycles. The number of benzene rings is 2. The van der Waals surface area contributed by atoms with Gasteiger partial charge in [0, 0.05) is 24.0 Å². The second-order valence-electron chi connectivity index (χ2n) is 5.85. The maximum Gasteiger partial charge on any atom is 0.226 e. The van der Waals surface area contributed by atoms with Crippen molar-refractivity contribution >= 4 is 34.5 Å². The first-order valence-corrected chi connectivity index (χ1v) is 9.72. The molecule has 0 bridgehead atoms. The van der Waals surface area contributed by atoms with E-state index in [9.17, 15) is 9.18 Å². The maximum absolute atomic E-state index is 13.5. The minimum Gasteiger partial charge on any atom is -0.382 e. The lowest BCUT2D eigenvalue weighted by Crippen LogP contribution is -2.30. The molecule has 8 heteroatoms. The van der Waals surface area contributed by atoms with Crippen molar-refractivity contribution in [3.05, 3.63) is 69.9 Å². The van der Waals surface area contributed by atoms with E-state index < -0.39 is 5.82 Å². The number of hydrogen-bond acceptors (Lipinski definition) is 5. The summed E-state index contributed by atoms with van der Waals surface area (Å²) in [5, 5.41) is 17.9. The molecule has 0 spiro atoms. The Morgan fingerprint density at radius 1 is 1.21 bits per heavy atom. The van der Waals surface area contributed by atoms with Crippen LogP contribution in [0.15, 0.2) is 47.8 Å². The zero-order valence-electron chi connectivity index (χ0n) is 14.7. The molecular formula is C20H16ClFN4OS. The predicted octanol–water partition coefficient (Wildman–Crippen LogP) is 4.25. The zero-order chi connectivity index (χ0) is 19.9. The summed E-state index contributed by atoms with van der Waals surface area (Å²) in [7, 11) is 0. The molecule has 0 fully saturated rings. The molecular weight excluding hydrogens is 399 g/mol. The highest BCUT2D eigenvalue weighted by Gasteiger charge is 2.11. The quantitative estimate of drug-likeness (QED) is 0.567. The van der Waals surface area contributed by atoms with E-state index in [2.05, 4.69) is 15.6 Å². The summed E-state index contributed by atoms with van der Waals surface area (Å²) in [5.41, 5.74) is 1.87. The molecule has 0 aliphatic carbocycles. The number of nitrogens with one attached hydrogen (secondary N) is 2. The Morgan fingerprint density at radius 2 is 2.04 bits per heavy atom. The Hall–Kier alpha value is -2.95. The summed E-state index contributed by atoms with van der Waals surface area (Å²) in [6.45, 7) is 0.702. The summed E-state index contributed by atoms with van der Waals surface area (Å²) >= 11 is 7.61. The molecule has 3 aromatic rings. The van der Waals surface area contributed by atoms with Crippen molar-refractivity contribution in [2.24, 2.45) is 0 Å². The first-order chi connectivity index (χ1) is 13.6. The van der Waals surface area contributed by atoms with Gasteiger partial charge in [-0.3, -0.25) is 4.79 Å². The van der Waals surface area contributed by atoms with Crippen LogP contribution in [0.5, 0.6) is 0 Å². The van der Waals surface area contributed by atoms with E-state index >= 15 is 0 Å². The van der Waals surface area contributed by atoms with Crippen LogP contribution in [-0.2, 0) is 11.2 Å². The highest BCUT2D eigenvalue weighted by molar-refractivity contribution is 7.13. The Bertz CT molecular complexity index is 1030. The fourth-order valence-corrected chi connectivity index (χ4v) is 3.70. The van der Waals surface area contributed by atoms with Gasteiger partial charge in [0.25, 0.3) is 0 Å². The Balaban J connectivity index is 1.49. The zero-order valence-corrected chi connectivity index (χ0v) is 16.3. The minimum atomic E-state index is -0.575. The van der Waals surface area contributed by atoms with Crippen LogP contribution < -0.4 is 10.6 Å². The first-order valence-electron chi connectivity index (χ1n) is 8.47. The van der Waals surface area contributed by atoms with Gasteiger partial charge < -0.3 is 10.6 Å². The number of anilines is 1. The minimum absolute atomic E-state index is 0.0385. The third-order valence-corrected chi connectivity index (χ3v) is 5.14. The number of aromatic nitrogens is 1. The second-order valence-corrected chi connectivity index (χ2v) is 7.12. The Morgan fingerprint density at radius 3 is 2.82 bits per heavy atom. The summed E-state index contributed by atoms with van der Waals surface area (Å²) < 4.78 is 13.5. The van der Waals surface area contributed by atoms with Gasteiger partial charge in [-0.1, -0.05) is 35.9 Å². The summed E-state index contributed by atoms with van der Waals surface area (Å²) in [4.78, 5) is 16.6. The van der Waals surface area contributed by atoms with Crippen LogP contribution in [0.1, 0.15) is 11.3 Å². The van der Waals surface area contributed by atoms with Crippen LogP contribution in [0.3, 0.4) is 0 Å². The summed E-state index contributed by atoms with van der Waals surface area (Å²) in [6.07, 6.45) is 0.157. The molecule has 1 aromatic heterocycles. The number of carbonyl (C=O) groups is 1. The molecule has 28 heavy (non-hydrogen) atoms. The van der Waals surface area contributed by atoms with Crippen LogP contribution in [0, 0.1) is 17.1 Å². The van der Waals surface area contributed by atoms with E-state index in [4.69, 9.17) is 16.9 Å². The van der Waals surface area contributed by atoms with Gasteiger partial charge in [-0.2, -0.15) is 5.26 Å². The number of thiazole rings is 1. The first kappa shape index (κ1) is 19.8. The van der Waals surface area contributed by atoms with Gasteiger partial charge in [-0.15, -0.1) is 11.3 Å². The van der Waals surface area contributed by atoms with Gasteiger partial charge in [0.05, 0.1) is 22.8 Å². The number of carbonyl (C=O) groups excluding carboxylic acids is 1. The standard InChI is InChI=1S/C20H16ClFN4OS/c21-16-5-2-1-4-14(16)20-26-13(12-28-20)10-19(27)25-9-8-24-18-7-3-6-17(22)15(18)11-23/h1-7,12,24H,8-10H2,(H,25,27). The normalized spacial score (nSPS) is 10.3. The molecule has 0 unspecified atom stereocenters. The summed E-state index contributed by atoms with van der Waals surface area (Å²) in [6, 6.07) is 13.6. The lowest BCUT2D eigenvalue weighted by atomic mass is 10.2. The fourth-order valence-electron chi connectivity index (χ4n) is 2.56. The number of halogens is 2. The van der Waals surface area contributed by atoms with Crippen LogP contribution in [0.2, 0.25) is 5.02 Å². The number of nitriles is 1. The van der Waals surface area contributed by atoms with E-state index in [-0.39, 0.29) is 17.9 Å². The van der Waals surface area contributed by atoms with E-state index in [1.165, 1.54) is 23.5 Å². The van der Waals surface area contributed by atoms with E-state index in [1.54, 1.807) is 12.1 Å². The van der Waals surface area contributed by atoms with Crippen LogP contribution in [0.4, 0.5) is 10.1 Å². The van der Waals surface area contributed by atoms with Crippen LogP contribution in [-0.4, -0.2) is 24.0 Å². The van der Waals surface area contributed by atoms with Crippen molar-refractivity contribution in [3.63, 3.8) is 0 Å². The fraction of sp³-hybridized carbons (Fsp3) is 0.150. The third kappa shape index (κ3) is 4.85. The summed E-state index contributed by atoms with van der Waals surface area (Å²) in [5.74, 6) is -0.744. The molecule has 142 valence electrons. The molecule has 0 atom stereocenters. The lowest BCUT2D eigenvalue weighted by molar-refractivity contribution is -0.120. The third-order valence-electron chi connectivity index (χ3n) is 3.89. The Kier molecular flexibility index (Phi) is 6.58. The molecule has 2 N–H and O–H groups in total. The average molecular weight is 415 g/mol. The molecule has 2 aromatic carbocycles. The topological polar surface area (TPSA) is 77.8 Å². The van der Waals surface area contributed by atoms with Gasteiger partial charge in [-0.05, 0) is 18.2 Å². The van der Waals surface area contributed by atoms with Crippen molar-refractivity contribution in [2.45, 2.75) is 6.42 Å². The van der Waals surface area contributed by atoms with E-state index in [0.717, 1.165) is 10.6 Å². The van der Waals surface area contributed by atoms with Crippen LogP contribution in [0.25, 0.3) is 10.6 Å². The molecule has 0 aliphatic heterocycles. The van der Waals surface area contributed by atoms with E-state index in [1.807, 2.05) is 29.6 Å². The number of rotatable bonds is 7. The molecule has 0 radical (unpaired) electrons. The number of hydrogen-bond donors (Lipinski definition) is 2.